The predicted molar refractivity (Wildman–Crippen MR) is 119 cm³/mol. The number of nitrogens with one attached hydrogen (secondary N) is 2. The van der Waals surface area contributed by atoms with Crippen LogP contribution in [0.5, 0.6) is 0 Å². The second-order valence-corrected chi connectivity index (χ2v) is 9.57. The molecule has 0 bridgehead atoms. The maximum atomic E-state index is 5.59. The summed E-state index contributed by atoms with van der Waals surface area (Å²) in [5, 5.41) is 4.88. The Kier molecular flexibility index (Phi) is 5.26. The quantitative estimate of drug-likeness (QED) is 0.690. The Morgan fingerprint density at radius 3 is 2.76 bits per heavy atom. The van der Waals surface area contributed by atoms with Crippen molar-refractivity contribution in [3.05, 3.63) is 17.5 Å². The van der Waals surface area contributed by atoms with Crippen LogP contribution in [0.15, 0.2) is 6.33 Å². The molecule has 0 unspecified atom stereocenters. The second-order valence-electron chi connectivity index (χ2n) is 8.55. The average Bonchev–Trinajstić information content (AvgIpc) is 3.13. The van der Waals surface area contributed by atoms with Gasteiger partial charge < -0.3 is 10.1 Å². The molecule has 5 rings (SSSR count). The van der Waals surface area contributed by atoms with Gasteiger partial charge in [0, 0.05) is 12.1 Å². The molecule has 0 atom stereocenters. The van der Waals surface area contributed by atoms with Gasteiger partial charge in [-0.3, -0.25) is 4.90 Å². The number of H-pyrrole nitrogens is 1. The summed E-state index contributed by atoms with van der Waals surface area (Å²) in [6.07, 6.45) is 7.68. The molecule has 2 N–H and O–H groups in total. The molecule has 6 nitrogen and oxygen atoms in total. The maximum absolute atomic E-state index is 5.59. The van der Waals surface area contributed by atoms with Crippen LogP contribution >= 0.6 is 11.3 Å². The van der Waals surface area contributed by atoms with Crippen molar-refractivity contribution in [2.75, 3.05) is 43.1 Å². The highest BCUT2D eigenvalue weighted by Gasteiger charge is 2.30. The first-order valence-corrected chi connectivity index (χ1v) is 11.7. The number of morpholine rings is 1. The van der Waals surface area contributed by atoms with E-state index in [1.54, 1.807) is 17.7 Å². The Balaban J connectivity index is 1.64. The van der Waals surface area contributed by atoms with Crippen LogP contribution in [0.25, 0.3) is 20.4 Å². The molecular formula is C22H30N5OS+. The topological polar surface area (TPSA) is 64.4 Å². The summed E-state index contributed by atoms with van der Waals surface area (Å²) in [6.45, 7) is 8.99. The van der Waals surface area contributed by atoms with E-state index < -0.39 is 0 Å². The van der Waals surface area contributed by atoms with E-state index in [9.17, 15) is 0 Å². The smallest absolute Gasteiger partial charge is 0.279 e. The molecule has 3 aromatic heterocycles. The van der Waals surface area contributed by atoms with E-state index >= 15 is 0 Å². The van der Waals surface area contributed by atoms with Gasteiger partial charge >= 0.3 is 0 Å². The molecule has 7 heteroatoms. The summed E-state index contributed by atoms with van der Waals surface area (Å²) in [5.41, 5.74) is 4.11. The van der Waals surface area contributed by atoms with E-state index in [-0.39, 0.29) is 0 Å². The van der Waals surface area contributed by atoms with Gasteiger partial charge in [-0.1, -0.05) is 25.2 Å². The van der Waals surface area contributed by atoms with Gasteiger partial charge in [-0.2, -0.15) is 0 Å². The zero-order valence-electron chi connectivity index (χ0n) is 17.4. The summed E-state index contributed by atoms with van der Waals surface area (Å²) in [5.74, 6) is 2.96. The molecular weight excluding hydrogens is 382 g/mol. The van der Waals surface area contributed by atoms with Crippen LogP contribution in [-0.2, 0) is 17.6 Å². The number of hydrogen-bond acceptors (Lipinski definition) is 6. The third kappa shape index (κ3) is 3.55. The number of hydrogen-bond donors (Lipinski definition) is 1. The fourth-order valence-corrected chi connectivity index (χ4v) is 5.71. The maximum Gasteiger partial charge on any atom is 0.279 e. The minimum atomic E-state index is 0.679. The zero-order chi connectivity index (χ0) is 19.8. The second kappa shape index (κ2) is 8.03. The Bertz CT molecular complexity index is 1030. The van der Waals surface area contributed by atoms with Crippen molar-refractivity contribution in [1.29, 1.82) is 0 Å². The number of pyridine rings is 1. The van der Waals surface area contributed by atoms with Crippen molar-refractivity contribution in [3.8, 4) is 0 Å². The highest BCUT2D eigenvalue weighted by molar-refractivity contribution is 7.25. The van der Waals surface area contributed by atoms with Gasteiger partial charge in [0.25, 0.3) is 5.82 Å². The highest BCUT2D eigenvalue weighted by atomic mass is 32.1. The number of aromatic amines is 1. The van der Waals surface area contributed by atoms with Gasteiger partial charge in [0.05, 0.1) is 24.1 Å². The molecule has 0 saturated carbocycles. The fraction of sp³-hybridized carbons (Fsp3) is 0.591. The van der Waals surface area contributed by atoms with Gasteiger partial charge in [0.1, 0.15) is 29.9 Å². The summed E-state index contributed by atoms with van der Waals surface area (Å²) < 4.78 is 6.77. The van der Waals surface area contributed by atoms with E-state index in [0.29, 0.717) is 5.92 Å². The number of rotatable bonds is 5. The van der Waals surface area contributed by atoms with Gasteiger partial charge in [-0.25, -0.2) is 15.0 Å². The van der Waals surface area contributed by atoms with Crippen molar-refractivity contribution in [2.24, 2.45) is 5.92 Å². The highest BCUT2D eigenvalue weighted by Crippen LogP contribution is 2.40. The molecule has 1 fully saturated rings. The zero-order valence-corrected chi connectivity index (χ0v) is 18.2. The summed E-state index contributed by atoms with van der Waals surface area (Å²) in [7, 11) is 0. The van der Waals surface area contributed by atoms with Gasteiger partial charge in [0.15, 0.2) is 4.83 Å². The molecule has 0 amide bonds. The van der Waals surface area contributed by atoms with Crippen LogP contribution in [0.3, 0.4) is 0 Å². The average molecular weight is 413 g/mol. The molecule has 29 heavy (non-hydrogen) atoms. The third-order valence-electron chi connectivity index (χ3n) is 6.10. The molecule has 1 aliphatic carbocycles. The van der Waals surface area contributed by atoms with Crippen molar-refractivity contribution in [2.45, 2.75) is 46.0 Å². The minimum absolute atomic E-state index is 0.679. The first-order valence-electron chi connectivity index (χ1n) is 10.9. The molecule has 0 radical (unpaired) electrons. The number of anilines is 2. The van der Waals surface area contributed by atoms with Crippen LogP contribution in [-0.4, -0.2) is 42.8 Å². The lowest BCUT2D eigenvalue weighted by molar-refractivity contribution is -0.328. The summed E-state index contributed by atoms with van der Waals surface area (Å²) >= 11 is 1.80. The molecule has 1 saturated heterocycles. The van der Waals surface area contributed by atoms with Crippen LogP contribution in [0, 0.1) is 5.92 Å². The van der Waals surface area contributed by atoms with Crippen molar-refractivity contribution >= 4 is 43.4 Å². The molecule has 1 aliphatic heterocycles. The third-order valence-corrected chi connectivity index (χ3v) is 7.20. The SMILES string of the molecule is CC(C)CCNc1ncnc2c1sc1[nH+]c(N3CCOCC3)c3c(c12)CCCC3. The number of aryl methyl sites for hydroxylation is 1. The normalized spacial score (nSPS) is 17.3. The molecule has 4 heterocycles. The first-order chi connectivity index (χ1) is 14.2. The van der Waals surface area contributed by atoms with Crippen molar-refractivity contribution < 1.29 is 9.72 Å². The molecule has 154 valence electrons. The van der Waals surface area contributed by atoms with E-state index in [1.165, 1.54) is 44.7 Å². The summed E-state index contributed by atoms with van der Waals surface area (Å²) in [6, 6.07) is 0. The van der Waals surface area contributed by atoms with Gasteiger partial charge in [-0.15, -0.1) is 0 Å². The Hall–Kier alpha value is -1.99. The van der Waals surface area contributed by atoms with Crippen molar-refractivity contribution in [3.63, 3.8) is 0 Å². The van der Waals surface area contributed by atoms with Crippen LogP contribution in [0.1, 0.15) is 44.2 Å². The lowest BCUT2D eigenvalue weighted by atomic mass is 9.90. The summed E-state index contributed by atoms with van der Waals surface area (Å²) in [4.78, 5) is 16.8. The first kappa shape index (κ1) is 19.0. The number of ether oxygens (including phenoxy) is 1. The lowest BCUT2D eigenvalue weighted by Gasteiger charge is -2.25. The number of thiophene rings is 1. The molecule has 0 aromatic carbocycles. The largest absolute Gasteiger partial charge is 0.373 e. The Morgan fingerprint density at radius 1 is 1.17 bits per heavy atom. The predicted octanol–water partition coefficient (Wildman–Crippen LogP) is 3.83. The van der Waals surface area contributed by atoms with E-state index in [0.717, 1.165) is 63.4 Å². The Labute approximate surface area is 175 Å². The van der Waals surface area contributed by atoms with Crippen LogP contribution in [0.2, 0.25) is 0 Å². The van der Waals surface area contributed by atoms with E-state index in [2.05, 4.69) is 34.0 Å². The minimum Gasteiger partial charge on any atom is -0.373 e. The number of fused-ring (bicyclic) bond motifs is 5. The number of nitrogens with zero attached hydrogens (tertiary/aromatic N) is 3. The standard InChI is InChI=1S/C22H29N5OS/c1-14(2)7-8-23-20-19-18(24-13-25-20)17-15-5-3-4-6-16(15)21(26-22(17)29-19)27-9-11-28-12-10-27/h13-14H,3-12H2,1-2H3,(H,23,24,25)/p+1. The molecule has 3 aromatic rings. The molecule has 0 spiro atoms. The Morgan fingerprint density at radius 2 is 1.97 bits per heavy atom. The van der Waals surface area contributed by atoms with Crippen LogP contribution in [0.4, 0.5) is 11.6 Å². The lowest BCUT2D eigenvalue weighted by Crippen LogP contribution is -2.40. The van der Waals surface area contributed by atoms with Crippen LogP contribution < -0.4 is 15.2 Å². The molecule has 2 aliphatic rings. The number of aromatic nitrogens is 3. The van der Waals surface area contributed by atoms with E-state index in [1.807, 2.05) is 0 Å². The van der Waals surface area contributed by atoms with Gasteiger partial charge in [-0.05, 0) is 43.6 Å². The fourth-order valence-electron chi connectivity index (χ4n) is 4.56. The van der Waals surface area contributed by atoms with Crippen molar-refractivity contribution in [1.82, 2.24) is 9.97 Å². The van der Waals surface area contributed by atoms with Gasteiger partial charge in [0.2, 0.25) is 0 Å². The monoisotopic (exact) mass is 412 g/mol. The van der Waals surface area contributed by atoms with E-state index in [4.69, 9.17) is 9.72 Å².